The van der Waals surface area contributed by atoms with Gasteiger partial charge in [-0.2, -0.15) is 0 Å². The number of hydrogen-bond donors (Lipinski definition) is 0. The summed E-state index contributed by atoms with van der Waals surface area (Å²) in [6.45, 7) is 3.99. The number of esters is 1. The van der Waals surface area contributed by atoms with Crippen LogP contribution >= 0.6 is 0 Å². The van der Waals surface area contributed by atoms with Crippen LogP contribution in [0.1, 0.15) is 33.1 Å². The van der Waals surface area contributed by atoms with Crippen LogP contribution in [0, 0.1) is 23.7 Å². The van der Waals surface area contributed by atoms with Crippen LogP contribution in [0.4, 0.5) is 0 Å². The van der Waals surface area contributed by atoms with E-state index in [4.69, 9.17) is 4.74 Å². The maximum absolute atomic E-state index is 12.2. The van der Waals surface area contributed by atoms with Gasteiger partial charge in [0.2, 0.25) is 0 Å². The molecule has 2 bridgehead atoms. The molecule has 17 heavy (non-hydrogen) atoms. The Morgan fingerprint density at radius 2 is 1.94 bits per heavy atom. The third-order valence-corrected chi connectivity index (χ3v) is 4.82. The van der Waals surface area contributed by atoms with E-state index in [0.717, 1.165) is 6.42 Å². The molecule has 2 fully saturated rings. The maximum atomic E-state index is 12.2. The van der Waals surface area contributed by atoms with E-state index in [1.165, 1.54) is 12.8 Å². The molecule has 0 saturated heterocycles. The average Bonchev–Trinajstić information content (AvgIpc) is 2.94. The van der Waals surface area contributed by atoms with Crippen molar-refractivity contribution in [2.45, 2.75) is 33.1 Å². The smallest absolute Gasteiger partial charge is 0.334 e. The van der Waals surface area contributed by atoms with E-state index >= 15 is 0 Å². The number of fused-ring (bicyclic) bond motifs is 5. The fraction of sp³-hybridized carbons (Fsp3) is 0.714. The highest BCUT2D eigenvalue weighted by Crippen LogP contribution is 2.59. The molecule has 3 rings (SSSR count). The molecular formula is C14H18O3. The van der Waals surface area contributed by atoms with Crippen molar-refractivity contribution < 1.29 is 14.3 Å². The van der Waals surface area contributed by atoms with Gasteiger partial charge in [0.25, 0.3) is 0 Å². The first-order valence-corrected chi connectivity index (χ1v) is 6.57. The number of carbonyl (C=O) groups is 2. The van der Waals surface area contributed by atoms with Crippen LogP contribution in [0.5, 0.6) is 0 Å². The van der Waals surface area contributed by atoms with Gasteiger partial charge in [0.15, 0.2) is 5.78 Å². The Bertz CT molecular complexity index is 421. The largest absolute Gasteiger partial charge is 0.463 e. The molecule has 0 aromatic carbocycles. The third-order valence-electron chi connectivity index (χ3n) is 4.82. The van der Waals surface area contributed by atoms with E-state index in [2.05, 4.69) is 0 Å². The van der Waals surface area contributed by atoms with Crippen LogP contribution < -0.4 is 0 Å². The summed E-state index contributed by atoms with van der Waals surface area (Å²) in [5.74, 6) is 1.32. The SMILES string of the molecule is CCOC(=O)C1=C(C)C(=O)[C@@H]2[C@H]3CC[C@H](C3)[C@H]12. The van der Waals surface area contributed by atoms with Crippen molar-refractivity contribution in [2.75, 3.05) is 6.61 Å². The molecule has 0 heterocycles. The minimum absolute atomic E-state index is 0.105. The maximum Gasteiger partial charge on any atom is 0.334 e. The van der Waals surface area contributed by atoms with E-state index in [9.17, 15) is 9.59 Å². The summed E-state index contributed by atoms with van der Waals surface area (Å²) in [5.41, 5.74) is 1.38. The van der Waals surface area contributed by atoms with Crippen LogP contribution in [0.15, 0.2) is 11.1 Å². The van der Waals surface area contributed by atoms with Gasteiger partial charge in [0.1, 0.15) is 0 Å². The number of ether oxygens (including phenoxy) is 1. The fourth-order valence-corrected chi connectivity index (χ4v) is 4.21. The first kappa shape index (κ1) is 11.0. The van der Waals surface area contributed by atoms with Gasteiger partial charge in [-0.05, 0) is 44.9 Å². The van der Waals surface area contributed by atoms with Crippen molar-refractivity contribution >= 4 is 11.8 Å². The number of rotatable bonds is 2. The highest BCUT2D eigenvalue weighted by atomic mass is 16.5. The van der Waals surface area contributed by atoms with Crippen molar-refractivity contribution in [3.8, 4) is 0 Å². The van der Waals surface area contributed by atoms with E-state index in [1.54, 1.807) is 6.92 Å². The second-order valence-corrected chi connectivity index (χ2v) is 5.51. The molecule has 0 N–H and O–H groups in total. The minimum atomic E-state index is -0.251. The topological polar surface area (TPSA) is 43.4 Å². The molecule has 3 aliphatic rings. The Morgan fingerprint density at radius 1 is 1.29 bits per heavy atom. The second-order valence-electron chi connectivity index (χ2n) is 5.51. The molecule has 2 saturated carbocycles. The van der Waals surface area contributed by atoms with Gasteiger partial charge in [0, 0.05) is 23.0 Å². The van der Waals surface area contributed by atoms with Gasteiger partial charge in [0.05, 0.1) is 6.61 Å². The lowest BCUT2D eigenvalue weighted by Gasteiger charge is -2.25. The van der Waals surface area contributed by atoms with Gasteiger partial charge >= 0.3 is 5.97 Å². The van der Waals surface area contributed by atoms with E-state index < -0.39 is 0 Å². The van der Waals surface area contributed by atoms with Crippen molar-refractivity contribution in [1.29, 1.82) is 0 Å². The third kappa shape index (κ3) is 1.34. The highest BCUT2D eigenvalue weighted by Gasteiger charge is 2.57. The summed E-state index contributed by atoms with van der Waals surface area (Å²) >= 11 is 0. The van der Waals surface area contributed by atoms with Crippen LogP contribution in [0.2, 0.25) is 0 Å². The highest BCUT2D eigenvalue weighted by molar-refractivity contribution is 6.09. The molecular weight excluding hydrogens is 216 g/mol. The Balaban J connectivity index is 1.97. The first-order valence-electron chi connectivity index (χ1n) is 6.57. The number of Topliss-reactive ketones (excluding diaryl/α,β-unsaturated/α-hetero) is 1. The zero-order valence-corrected chi connectivity index (χ0v) is 10.4. The molecule has 3 heteroatoms. The van der Waals surface area contributed by atoms with E-state index in [0.29, 0.717) is 29.6 Å². The monoisotopic (exact) mass is 234 g/mol. The normalized spacial score (nSPS) is 38.8. The van der Waals surface area contributed by atoms with Crippen LogP contribution in [0.3, 0.4) is 0 Å². The predicted octanol–water partition coefficient (Wildman–Crippen LogP) is 2.11. The molecule has 0 spiro atoms. The first-order chi connectivity index (χ1) is 8.15. The van der Waals surface area contributed by atoms with Crippen molar-refractivity contribution in [2.24, 2.45) is 23.7 Å². The summed E-state index contributed by atoms with van der Waals surface area (Å²) in [4.78, 5) is 24.2. The zero-order valence-electron chi connectivity index (χ0n) is 10.4. The standard InChI is InChI=1S/C14H18O3/c1-3-17-14(16)10-7(2)13(15)12-9-5-4-8(6-9)11(10)12/h8-9,11-12H,3-6H2,1-2H3/t8-,9+,11-,12-/m1/s1. The van der Waals surface area contributed by atoms with Crippen molar-refractivity contribution in [3.05, 3.63) is 11.1 Å². The van der Waals surface area contributed by atoms with Crippen LogP contribution in [-0.4, -0.2) is 18.4 Å². The Kier molecular flexibility index (Phi) is 2.39. The Hall–Kier alpha value is -1.12. The average molecular weight is 234 g/mol. The van der Waals surface area contributed by atoms with E-state index in [-0.39, 0.29) is 23.6 Å². The molecule has 4 atom stereocenters. The lowest BCUT2D eigenvalue weighted by atomic mass is 9.78. The summed E-state index contributed by atoms with van der Waals surface area (Å²) in [7, 11) is 0. The summed E-state index contributed by atoms with van der Waals surface area (Å²) < 4.78 is 5.11. The number of allylic oxidation sites excluding steroid dienone is 1. The van der Waals surface area contributed by atoms with Gasteiger partial charge in [-0.25, -0.2) is 4.79 Å². The van der Waals surface area contributed by atoms with Gasteiger partial charge in [-0.15, -0.1) is 0 Å². The molecule has 0 unspecified atom stereocenters. The summed E-state index contributed by atoms with van der Waals surface area (Å²) in [6.07, 6.45) is 3.48. The number of hydrogen-bond acceptors (Lipinski definition) is 3. The molecule has 0 aromatic heterocycles. The molecule has 0 amide bonds. The lowest BCUT2D eigenvalue weighted by molar-refractivity contribution is -0.139. The van der Waals surface area contributed by atoms with Crippen molar-refractivity contribution in [1.82, 2.24) is 0 Å². The van der Waals surface area contributed by atoms with Crippen LogP contribution in [-0.2, 0) is 14.3 Å². The molecule has 3 aliphatic carbocycles. The zero-order chi connectivity index (χ0) is 12.2. The van der Waals surface area contributed by atoms with Gasteiger partial charge < -0.3 is 4.74 Å². The molecule has 3 nitrogen and oxygen atoms in total. The molecule has 0 radical (unpaired) electrons. The fourth-order valence-electron chi connectivity index (χ4n) is 4.21. The number of carbonyl (C=O) groups excluding carboxylic acids is 2. The lowest BCUT2D eigenvalue weighted by Crippen LogP contribution is -2.26. The van der Waals surface area contributed by atoms with Gasteiger partial charge in [-0.1, -0.05) is 0 Å². The Morgan fingerprint density at radius 3 is 2.59 bits per heavy atom. The number of ketones is 1. The quantitative estimate of drug-likeness (QED) is 0.687. The van der Waals surface area contributed by atoms with Crippen molar-refractivity contribution in [3.63, 3.8) is 0 Å². The van der Waals surface area contributed by atoms with E-state index in [1.807, 2.05) is 6.92 Å². The summed E-state index contributed by atoms with van der Waals surface area (Å²) in [5, 5.41) is 0. The molecule has 0 aliphatic heterocycles. The summed E-state index contributed by atoms with van der Waals surface area (Å²) in [6, 6.07) is 0. The molecule has 0 aromatic rings. The predicted molar refractivity (Wildman–Crippen MR) is 62.2 cm³/mol. The second kappa shape index (κ2) is 3.69. The van der Waals surface area contributed by atoms with Crippen LogP contribution in [0.25, 0.3) is 0 Å². The van der Waals surface area contributed by atoms with Gasteiger partial charge in [-0.3, -0.25) is 4.79 Å². The Labute approximate surface area is 101 Å². The minimum Gasteiger partial charge on any atom is -0.463 e. The molecule has 92 valence electrons.